The molecule has 3 aliphatic rings. The lowest BCUT2D eigenvalue weighted by molar-refractivity contribution is -0.154. The molecule has 0 spiro atoms. The van der Waals surface area contributed by atoms with Gasteiger partial charge in [0.1, 0.15) is 11.1 Å². The van der Waals surface area contributed by atoms with Crippen molar-refractivity contribution in [3.8, 4) is 0 Å². The second-order valence-electron chi connectivity index (χ2n) is 7.80. The zero-order valence-corrected chi connectivity index (χ0v) is 17.7. The maximum absolute atomic E-state index is 12.6. The van der Waals surface area contributed by atoms with Crippen molar-refractivity contribution in [2.45, 2.75) is 44.2 Å². The van der Waals surface area contributed by atoms with Gasteiger partial charge >= 0.3 is 0 Å². The molecule has 1 unspecified atom stereocenters. The molecule has 2 fully saturated rings. The number of β-lactam (4-membered cyclic amide) rings is 1. The van der Waals surface area contributed by atoms with Crippen molar-refractivity contribution in [2.24, 2.45) is 11.8 Å². The third kappa shape index (κ3) is 3.54. The van der Waals surface area contributed by atoms with Gasteiger partial charge in [0.15, 0.2) is 0 Å². The lowest BCUT2D eigenvalue weighted by Crippen LogP contribution is -2.61. The van der Waals surface area contributed by atoms with Gasteiger partial charge in [0.25, 0.3) is 0 Å². The van der Waals surface area contributed by atoms with E-state index in [0.717, 1.165) is 37.4 Å². The summed E-state index contributed by atoms with van der Waals surface area (Å²) < 4.78 is 0. The molecule has 150 valence electrons. The molecular formula is C21H26N2O3S2. The number of rotatable bonds is 6. The number of amides is 1. The van der Waals surface area contributed by atoms with Crippen LogP contribution in [0, 0.1) is 11.8 Å². The molecule has 0 radical (unpaired) electrons. The Morgan fingerprint density at radius 2 is 2.11 bits per heavy atom. The first-order chi connectivity index (χ1) is 13.5. The van der Waals surface area contributed by atoms with Crippen LogP contribution in [0.4, 0.5) is 0 Å². The van der Waals surface area contributed by atoms with Crippen LogP contribution in [-0.4, -0.2) is 50.5 Å². The van der Waals surface area contributed by atoms with Crippen molar-refractivity contribution in [3.63, 3.8) is 0 Å². The Morgan fingerprint density at radius 1 is 1.36 bits per heavy atom. The van der Waals surface area contributed by atoms with Gasteiger partial charge in [-0.15, -0.1) is 11.8 Å². The van der Waals surface area contributed by atoms with Crippen LogP contribution < -0.4 is 0 Å². The Balaban J connectivity index is 1.52. The van der Waals surface area contributed by atoms with E-state index in [2.05, 4.69) is 41.8 Å². The van der Waals surface area contributed by atoms with E-state index in [0.29, 0.717) is 12.1 Å². The second kappa shape index (κ2) is 8.22. The number of carbonyl (C=O) groups is 2. The van der Waals surface area contributed by atoms with Crippen LogP contribution in [0.2, 0.25) is 0 Å². The highest BCUT2D eigenvalue weighted by atomic mass is 32.2. The number of hydrogen-bond acceptors (Lipinski definition) is 5. The standard InChI is InChI=1S/C21H26N2O3S2/c1-2-15(24)16-19(25)23-17(21(26)27)18(28-20(16)23)14-9-6-10-22(12-14)11-13-7-4-3-5-8-13/h3-5,7-8,14-16,20,24H,2,6,9-12H2,1H3,(H,26,27)/t14?,15-,16+,20+/m0/s1. The molecule has 0 bridgehead atoms. The van der Waals surface area contributed by atoms with Gasteiger partial charge in [-0.1, -0.05) is 49.9 Å². The second-order valence-corrected chi connectivity index (χ2v) is 9.36. The van der Waals surface area contributed by atoms with E-state index in [1.165, 1.54) is 5.56 Å². The summed E-state index contributed by atoms with van der Waals surface area (Å²) in [5, 5.41) is 9.73. The summed E-state index contributed by atoms with van der Waals surface area (Å²) >= 11 is 5.67. The largest absolute Gasteiger partial charge is 0.392 e. The first-order valence-corrected chi connectivity index (χ1v) is 11.3. The van der Waals surface area contributed by atoms with E-state index < -0.39 is 12.0 Å². The smallest absolute Gasteiger partial charge is 0.236 e. The fraction of sp³-hybridized carbons (Fsp3) is 0.524. The molecule has 4 atom stereocenters. The molecule has 4 rings (SSSR count). The topological polar surface area (TPSA) is 60.9 Å². The molecule has 0 saturated carbocycles. The molecule has 5 nitrogen and oxygen atoms in total. The van der Waals surface area contributed by atoms with Gasteiger partial charge < -0.3 is 5.11 Å². The molecule has 1 aromatic rings. The zero-order valence-electron chi connectivity index (χ0n) is 16.0. The van der Waals surface area contributed by atoms with Crippen molar-refractivity contribution >= 4 is 35.4 Å². The van der Waals surface area contributed by atoms with Gasteiger partial charge in [0.05, 0.1) is 12.0 Å². The summed E-state index contributed by atoms with van der Waals surface area (Å²) in [5.41, 5.74) is 1.74. The highest BCUT2D eigenvalue weighted by molar-refractivity contribution is 8.04. The summed E-state index contributed by atoms with van der Waals surface area (Å²) in [6.07, 6.45) is 1.95. The predicted octanol–water partition coefficient (Wildman–Crippen LogP) is 2.87. The van der Waals surface area contributed by atoms with Crippen LogP contribution in [0.5, 0.6) is 0 Å². The maximum Gasteiger partial charge on any atom is 0.236 e. The van der Waals surface area contributed by atoms with Crippen LogP contribution in [-0.2, 0) is 16.1 Å². The lowest BCUT2D eigenvalue weighted by atomic mass is 9.89. The predicted molar refractivity (Wildman–Crippen MR) is 113 cm³/mol. The number of nitrogens with zero attached hydrogens (tertiary/aromatic N) is 2. The third-order valence-corrected chi connectivity index (χ3v) is 7.70. The van der Waals surface area contributed by atoms with Crippen LogP contribution in [0.25, 0.3) is 0 Å². The average molecular weight is 419 g/mol. The minimum atomic E-state index is -0.655. The molecule has 0 aliphatic carbocycles. The summed E-state index contributed by atoms with van der Waals surface area (Å²) in [6, 6.07) is 10.4. The van der Waals surface area contributed by atoms with Crippen LogP contribution in [0.1, 0.15) is 31.7 Å². The zero-order chi connectivity index (χ0) is 19.8. The van der Waals surface area contributed by atoms with Crippen LogP contribution in [0.3, 0.4) is 0 Å². The molecular weight excluding hydrogens is 392 g/mol. The van der Waals surface area contributed by atoms with Crippen molar-refractivity contribution < 1.29 is 14.7 Å². The summed E-state index contributed by atoms with van der Waals surface area (Å²) in [4.78, 5) is 29.9. The van der Waals surface area contributed by atoms with Crippen molar-refractivity contribution in [2.75, 3.05) is 13.1 Å². The van der Waals surface area contributed by atoms with Crippen molar-refractivity contribution in [1.82, 2.24) is 9.80 Å². The van der Waals surface area contributed by atoms with Crippen LogP contribution >= 0.6 is 24.4 Å². The number of aliphatic hydroxyl groups excluding tert-OH is 1. The van der Waals surface area contributed by atoms with Crippen LogP contribution in [0.15, 0.2) is 40.9 Å². The van der Waals surface area contributed by atoms with Gasteiger partial charge in [-0.2, -0.15) is 0 Å². The Kier molecular flexibility index (Phi) is 5.88. The Bertz CT molecular complexity index is 798. The fourth-order valence-corrected chi connectivity index (χ4v) is 6.53. The van der Waals surface area contributed by atoms with E-state index in [9.17, 15) is 14.7 Å². The van der Waals surface area contributed by atoms with E-state index in [1.807, 2.05) is 13.0 Å². The molecule has 1 N–H and O–H groups in total. The average Bonchev–Trinajstić information content (AvgIpc) is 3.04. The van der Waals surface area contributed by atoms with Gasteiger partial charge in [-0.3, -0.25) is 19.4 Å². The van der Waals surface area contributed by atoms with E-state index >= 15 is 0 Å². The number of fused-ring (bicyclic) bond motifs is 1. The highest BCUT2D eigenvalue weighted by Gasteiger charge is 2.58. The molecule has 7 heteroatoms. The number of likely N-dealkylation sites (tertiary alicyclic amines) is 1. The summed E-state index contributed by atoms with van der Waals surface area (Å²) in [7, 11) is 0. The summed E-state index contributed by atoms with van der Waals surface area (Å²) in [5.74, 6) is -0.332. The Labute approximate surface area is 175 Å². The lowest BCUT2D eigenvalue weighted by Gasteiger charge is -2.44. The molecule has 1 aromatic carbocycles. The number of aliphatic hydroxyl groups is 1. The fourth-order valence-electron chi connectivity index (χ4n) is 4.52. The molecule has 3 heterocycles. The third-order valence-electron chi connectivity index (χ3n) is 5.97. The number of carbonyl (C=O) groups excluding carboxylic acids is 2. The van der Waals surface area contributed by atoms with Crippen molar-refractivity contribution in [1.29, 1.82) is 0 Å². The molecule has 3 aliphatic heterocycles. The number of thiol groups is 1. The van der Waals surface area contributed by atoms with Gasteiger partial charge in [-0.05, 0) is 31.4 Å². The van der Waals surface area contributed by atoms with E-state index in [-0.39, 0.29) is 22.3 Å². The Morgan fingerprint density at radius 3 is 2.79 bits per heavy atom. The van der Waals surface area contributed by atoms with E-state index in [4.69, 9.17) is 0 Å². The number of piperidine rings is 1. The van der Waals surface area contributed by atoms with Gasteiger partial charge in [0, 0.05) is 23.9 Å². The SMILES string of the molecule is CC[C@H](O)[C@@H]1C(=O)N2C(C(=O)S)=C(C3CCCN(Cc4ccccc4)C3)S[C@H]12. The normalized spacial score (nSPS) is 28.9. The quantitative estimate of drug-likeness (QED) is 0.550. The first kappa shape index (κ1) is 20.0. The van der Waals surface area contributed by atoms with Gasteiger partial charge in [0.2, 0.25) is 11.0 Å². The molecule has 2 saturated heterocycles. The molecule has 28 heavy (non-hydrogen) atoms. The maximum atomic E-state index is 12.6. The summed E-state index contributed by atoms with van der Waals surface area (Å²) in [6.45, 7) is 4.68. The highest BCUT2D eigenvalue weighted by Crippen LogP contribution is 2.54. The van der Waals surface area contributed by atoms with E-state index in [1.54, 1.807) is 16.7 Å². The van der Waals surface area contributed by atoms with Gasteiger partial charge in [-0.25, -0.2) is 0 Å². The minimum absolute atomic E-state index is 0.142. The molecule has 0 aromatic heterocycles. The first-order valence-electron chi connectivity index (χ1n) is 9.92. The number of hydrogen-bond donors (Lipinski definition) is 2. The molecule has 1 amide bonds. The van der Waals surface area contributed by atoms with Crippen molar-refractivity contribution in [3.05, 3.63) is 46.5 Å². The Hall–Kier alpha value is -1.28. The minimum Gasteiger partial charge on any atom is -0.392 e. The monoisotopic (exact) mass is 418 g/mol. The number of benzene rings is 1. The number of thioether (sulfide) groups is 1.